The lowest BCUT2D eigenvalue weighted by Crippen LogP contribution is -2.15. The van der Waals surface area contributed by atoms with Gasteiger partial charge in [0.2, 0.25) is 5.91 Å². The van der Waals surface area contributed by atoms with Crippen molar-refractivity contribution < 1.29 is 19.1 Å². The molecule has 5 nitrogen and oxygen atoms in total. The molecule has 1 N–H and O–H groups in total. The number of carbonyl (C=O) groups excluding carboxylic acids is 2. The van der Waals surface area contributed by atoms with Gasteiger partial charge in [0.1, 0.15) is 16.3 Å². The molecule has 1 amide bonds. The van der Waals surface area contributed by atoms with Crippen molar-refractivity contribution in [1.29, 1.82) is 0 Å². The zero-order valence-electron chi connectivity index (χ0n) is 16.4. The van der Waals surface area contributed by atoms with Crippen LogP contribution in [-0.4, -0.2) is 25.6 Å². The molecule has 3 rings (SSSR count). The molecule has 3 aromatic rings. The van der Waals surface area contributed by atoms with Crippen molar-refractivity contribution in [3.63, 3.8) is 0 Å². The highest BCUT2D eigenvalue weighted by Crippen LogP contribution is 2.36. The van der Waals surface area contributed by atoms with E-state index in [0.29, 0.717) is 23.4 Å². The average molecular weight is 410 g/mol. The van der Waals surface area contributed by atoms with Crippen LogP contribution in [-0.2, 0) is 16.0 Å². The number of nitrogens with one attached hydrogen (secondary N) is 1. The summed E-state index contributed by atoms with van der Waals surface area (Å²) in [6.07, 6.45) is 0.911. The number of hydrogen-bond donors (Lipinski definition) is 1. The summed E-state index contributed by atoms with van der Waals surface area (Å²) in [6, 6.07) is 17.2. The monoisotopic (exact) mass is 409 g/mol. The number of ether oxygens (including phenoxy) is 2. The molecule has 0 radical (unpaired) electrons. The minimum absolute atomic E-state index is 0.146. The second-order valence-electron chi connectivity index (χ2n) is 6.34. The number of rotatable bonds is 8. The highest BCUT2D eigenvalue weighted by molar-refractivity contribution is 7.15. The Morgan fingerprint density at radius 1 is 1.03 bits per heavy atom. The molecule has 0 aliphatic carbocycles. The van der Waals surface area contributed by atoms with Gasteiger partial charge in [-0.05, 0) is 36.6 Å². The Bertz CT molecular complexity index is 964. The second-order valence-corrected chi connectivity index (χ2v) is 7.22. The van der Waals surface area contributed by atoms with Crippen molar-refractivity contribution in [2.75, 3.05) is 19.0 Å². The summed E-state index contributed by atoms with van der Waals surface area (Å²) in [7, 11) is 1.62. The molecule has 1 heterocycles. The lowest BCUT2D eigenvalue weighted by molar-refractivity contribution is -0.116. The van der Waals surface area contributed by atoms with Crippen LogP contribution in [0.2, 0.25) is 0 Å². The van der Waals surface area contributed by atoms with E-state index in [1.54, 1.807) is 14.0 Å². The summed E-state index contributed by atoms with van der Waals surface area (Å²) < 4.78 is 10.4. The van der Waals surface area contributed by atoms with Gasteiger partial charge in [-0.25, -0.2) is 4.79 Å². The van der Waals surface area contributed by atoms with Crippen molar-refractivity contribution in [1.82, 2.24) is 0 Å². The Hall–Kier alpha value is -3.12. The molecule has 0 fully saturated rings. The van der Waals surface area contributed by atoms with Gasteiger partial charge in [-0.15, -0.1) is 11.3 Å². The Morgan fingerprint density at radius 2 is 1.76 bits per heavy atom. The first-order valence-corrected chi connectivity index (χ1v) is 10.3. The summed E-state index contributed by atoms with van der Waals surface area (Å²) in [5.41, 5.74) is 3.12. The third-order valence-electron chi connectivity index (χ3n) is 4.41. The van der Waals surface area contributed by atoms with Crippen LogP contribution in [0.25, 0.3) is 11.1 Å². The molecule has 0 bridgehead atoms. The summed E-state index contributed by atoms with van der Waals surface area (Å²) >= 11 is 1.33. The van der Waals surface area contributed by atoms with Gasteiger partial charge in [-0.1, -0.05) is 42.5 Å². The largest absolute Gasteiger partial charge is 0.497 e. The quantitative estimate of drug-likeness (QED) is 0.521. The molecule has 0 spiro atoms. The van der Waals surface area contributed by atoms with E-state index in [-0.39, 0.29) is 12.5 Å². The standard InChI is InChI=1S/C23H23NO4S/c1-3-28-23(26)21-19(17-7-5-4-6-8-17)15-29-22(21)24-20(25)14-11-16-9-12-18(27-2)13-10-16/h4-10,12-13,15H,3,11,14H2,1-2H3,(H,24,25). The van der Waals surface area contributed by atoms with E-state index in [1.807, 2.05) is 60.0 Å². The fourth-order valence-electron chi connectivity index (χ4n) is 2.93. The molecule has 0 aliphatic heterocycles. The van der Waals surface area contributed by atoms with Gasteiger partial charge >= 0.3 is 5.97 Å². The predicted octanol–water partition coefficient (Wildman–Crippen LogP) is 5.17. The number of benzene rings is 2. The maximum atomic E-state index is 12.6. The zero-order chi connectivity index (χ0) is 20.6. The molecule has 1 aromatic heterocycles. The summed E-state index contributed by atoms with van der Waals surface area (Å²) in [6.45, 7) is 2.04. The average Bonchev–Trinajstić information content (AvgIpc) is 3.17. The summed E-state index contributed by atoms with van der Waals surface area (Å²) in [4.78, 5) is 25.1. The number of anilines is 1. The lowest BCUT2D eigenvalue weighted by Gasteiger charge is -2.09. The molecular weight excluding hydrogens is 386 g/mol. The van der Waals surface area contributed by atoms with Crippen molar-refractivity contribution in [3.8, 4) is 16.9 Å². The van der Waals surface area contributed by atoms with Crippen LogP contribution in [0.5, 0.6) is 5.75 Å². The first kappa shape index (κ1) is 20.6. The van der Waals surface area contributed by atoms with E-state index in [1.165, 1.54) is 11.3 Å². The molecule has 0 atom stereocenters. The van der Waals surface area contributed by atoms with Gasteiger partial charge in [0.25, 0.3) is 0 Å². The number of amides is 1. The van der Waals surface area contributed by atoms with Gasteiger partial charge < -0.3 is 14.8 Å². The van der Waals surface area contributed by atoms with Crippen LogP contribution < -0.4 is 10.1 Å². The fourth-order valence-corrected chi connectivity index (χ4v) is 3.90. The smallest absolute Gasteiger partial charge is 0.341 e. The van der Waals surface area contributed by atoms with Crippen LogP contribution in [0.4, 0.5) is 5.00 Å². The maximum absolute atomic E-state index is 12.6. The minimum atomic E-state index is -0.432. The minimum Gasteiger partial charge on any atom is -0.497 e. The van der Waals surface area contributed by atoms with Crippen molar-refractivity contribution in [2.45, 2.75) is 19.8 Å². The number of esters is 1. The number of thiophene rings is 1. The maximum Gasteiger partial charge on any atom is 0.341 e. The van der Waals surface area contributed by atoms with Gasteiger partial charge in [0.05, 0.1) is 13.7 Å². The topological polar surface area (TPSA) is 64.6 Å². The lowest BCUT2D eigenvalue weighted by atomic mass is 10.0. The van der Waals surface area contributed by atoms with Crippen molar-refractivity contribution in [3.05, 3.63) is 71.1 Å². The van der Waals surface area contributed by atoms with E-state index in [4.69, 9.17) is 9.47 Å². The Labute approximate surface area is 174 Å². The molecule has 0 unspecified atom stereocenters. The summed E-state index contributed by atoms with van der Waals surface area (Å²) in [5, 5.41) is 5.28. The van der Waals surface area contributed by atoms with Gasteiger partial charge in [-0.3, -0.25) is 4.79 Å². The van der Waals surface area contributed by atoms with Crippen molar-refractivity contribution in [2.24, 2.45) is 0 Å². The highest BCUT2D eigenvalue weighted by Gasteiger charge is 2.22. The van der Waals surface area contributed by atoms with Crippen LogP contribution in [0, 0.1) is 0 Å². The fraction of sp³-hybridized carbons (Fsp3) is 0.217. The Morgan fingerprint density at radius 3 is 2.41 bits per heavy atom. The van der Waals surface area contributed by atoms with Gasteiger partial charge in [-0.2, -0.15) is 0 Å². The summed E-state index contributed by atoms with van der Waals surface area (Å²) in [5.74, 6) is 0.204. The van der Waals surface area contributed by atoms with Crippen LogP contribution in [0.3, 0.4) is 0 Å². The van der Waals surface area contributed by atoms with E-state index in [0.717, 1.165) is 22.4 Å². The van der Waals surface area contributed by atoms with Crippen molar-refractivity contribution >= 4 is 28.2 Å². The molecule has 0 saturated carbocycles. The third-order valence-corrected chi connectivity index (χ3v) is 5.30. The van der Waals surface area contributed by atoms with Gasteiger partial charge in [0, 0.05) is 17.4 Å². The van der Waals surface area contributed by atoms with E-state index in [2.05, 4.69) is 5.32 Å². The number of carbonyl (C=O) groups is 2. The van der Waals surface area contributed by atoms with Crippen LogP contribution >= 0.6 is 11.3 Å². The molecule has 29 heavy (non-hydrogen) atoms. The van der Waals surface area contributed by atoms with Gasteiger partial charge in [0.15, 0.2) is 0 Å². The molecular formula is C23H23NO4S. The molecule has 2 aromatic carbocycles. The first-order chi connectivity index (χ1) is 14.1. The second kappa shape index (κ2) is 9.89. The molecule has 0 aliphatic rings. The Balaban J connectivity index is 1.74. The van der Waals surface area contributed by atoms with Crippen LogP contribution in [0.15, 0.2) is 60.0 Å². The predicted molar refractivity (Wildman–Crippen MR) is 116 cm³/mol. The van der Waals surface area contributed by atoms with E-state index >= 15 is 0 Å². The SMILES string of the molecule is CCOC(=O)c1c(-c2ccccc2)csc1NC(=O)CCc1ccc(OC)cc1. The highest BCUT2D eigenvalue weighted by atomic mass is 32.1. The molecule has 150 valence electrons. The first-order valence-electron chi connectivity index (χ1n) is 9.39. The third kappa shape index (κ3) is 5.23. The molecule has 0 saturated heterocycles. The van der Waals surface area contributed by atoms with E-state index in [9.17, 15) is 9.59 Å². The Kier molecular flexibility index (Phi) is 7.03. The van der Waals surface area contributed by atoms with E-state index < -0.39 is 5.97 Å². The molecule has 6 heteroatoms. The number of hydrogen-bond acceptors (Lipinski definition) is 5. The normalized spacial score (nSPS) is 10.4. The zero-order valence-corrected chi connectivity index (χ0v) is 17.3. The number of methoxy groups -OCH3 is 1. The number of aryl methyl sites for hydroxylation is 1. The van der Waals surface area contributed by atoms with Crippen LogP contribution in [0.1, 0.15) is 29.3 Å².